The zero-order valence-electron chi connectivity index (χ0n) is 20.4. The summed E-state index contributed by atoms with van der Waals surface area (Å²) in [6, 6.07) is 11.1. The second-order valence-electron chi connectivity index (χ2n) is 9.84. The molecule has 0 spiro atoms. The van der Waals surface area contributed by atoms with Crippen molar-refractivity contribution in [3.05, 3.63) is 57.8 Å². The maximum Gasteiger partial charge on any atom is 0.308 e. The minimum Gasteiger partial charge on any atom is -0.466 e. The van der Waals surface area contributed by atoms with Crippen LogP contribution in [0.1, 0.15) is 86.2 Å². The molecule has 1 heterocycles. The molecule has 36 heavy (non-hydrogen) atoms. The molecule has 0 aliphatic heterocycles. The molecular formula is C28H31BrFN3O3. The smallest absolute Gasteiger partial charge is 0.308 e. The Bertz CT molecular complexity index is 1260. The fraction of sp³-hybridized carbons (Fsp3) is 0.464. The van der Waals surface area contributed by atoms with Crippen molar-refractivity contribution >= 4 is 44.8 Å². The Morgan fingerprint density at radius 3 is 2.56 bits per heavy atom. The number of carbonyl (C=O) groups is 2. The van der Waals surface area contributed by atoms with Crippen LogP contribution < -0.4 is 5.32 Å². The van der Waals surface area contributed by atoms with Gasteiger partial charge in [0.15, 0.2) is 0 Å². The average Bonchev–Trinajstić information content (AvgIpc) is 3.51. The Morgan fingerprint density at radius 1 is 1.11 bits per heavy atom. The lowest BCUT2D eigenvalue weighted by molar-refractivity contribution is -0.149. The van der Waals surface area contributed by atoms with Crippen molar-refractivity contribution in [2.24, 2.45) is 5.92 Å². The number of benzene rings is 2. The van der Waals surface area contributed by atoms with Gasteiger partial charge in [-0.1, -0.05) is 25.0 Å². The average molecular weight is 556 g/mol. The third-order valence-electron chi connectivity index (χ3n) is 7.64. The number of halogens is 2. The van der Waals surface area contributed by atoms with Crippen LogP contribution >= 0.6 is 15.9 Å². The first-order valence-corrected chi connectivity index (χ1v) is 13.7. The lowest BCUT2D eigenvalue weighted by atomic mass is 9.78. The van der Waals surface area contributed by atoms with Crippen LogP contribution in [0.3, 0.4) is 0 Å². The van der Waals surface area contributed by atoms with Crippen molar-refractivity contribution in [3.63, 3.8) is 0 Å². The molecule has 2 fully saturated rings. The molecule has 1 aromatic heterocycles. The van der Waals surface area contributed by atoms with Gasteiger partial charge in [-0.3, -0.25) is 14.9 Å². The molecule has 2 saturated carbocycles. The Hall–Kier alpha value is -2.74. The number of ether oxygens (including phenoxy) is 1. The van der Waals surface area contributed by atoms with E-state index in [1.165, 1.54) is 11.6 Å². The Morgan fingerprint density at radius 2 is 1.86 bits per heavy atom. The van der Waals surface area contributed by atoms with Gasteiger partial charge in [-0.15, -0.1) is 0 Å². The highest BCUT2D eigenvalue weighted by atomic mass is 79.9. The third-order valence-corrected chi connectivity index (χ3v) is 8.30. The number of aromatic nitrogens is 2. The molecular weight excluding hydrogens is 525 g/mol. The van der Waals surface area contributed by atoms with Crippen molar-refractivity contribution in [1.29, 1.82) is 0 Å². The minimum atomic E-state index is -0.578. The molecule has 0 unspecified atom stereocenters. The quantitative estimate of drug-likeness (QED) is 0.328. The van der Waals surface area contributed by atoms with Gasteiger partial charge < -0.3 is 9.30 Å². The van der Waals surface area contributed by atoms with E-state index in [0.717, 1.165) is 62.4 Å². The van der Waals surface area contributed by atoms with Crippen LogP contribution in [0, 0.1) is 11.7 Å². The fourth-order valence-electron chi connectivity index (χ4n) is 5.79. The van der Waals surface area contributed by atoms with Gasteiger partial charge in [-0.05, 0) is 97.1 Å². The number of esters is 1. The lowest BCUT2D eigenvalue weighted by Crippen LogP contribution is -2.23. The maximum atomic E-state index is 14.4. The maximum absolute atomic E-state index is 14.4. The summed E-state index contributed by atoms with van der Waals surface area (Å²) in [5.41, 5.74) is 3.02. The number of imidazole rings is 1. The van der Waals surface area contributed by atoms with E-state index < -0.39 is 11.7 Å². The summed E-state index contributed by atoms with van der Waals surface area (Å²) in [5.74, 6) is -0.348. The number of hydrogen-bond acceptors (Lipinski definition) is 4. The fourth-order valence-corrected chi connectivity index (χ4v) is 6.31. The van der Waals surface area contributed by atoms with Crippen LogP contribution in [0.5, 0.6) is 0 Å². The van der Waals surface area contributed by atoms with Crippen LogP contribution in [0.15, 0.2) is 40.9 Å². The number of nitrogens with zero attached hydrogens (tertiary/aromatic N) is 2. The van der Waals surface area contributed by atoms with Crippen molar-refractivity contribution < 1.29 is 18.7 Å². The summed E-state index contributed by atoms with van der Waals surface area (Å²) >= 11 is 3.30. The van der Waals surface area contributed by atoms with Gasteiger partial charge >= 0.3 is 5.97 Å². The van der Waals surface area contributed by atoms with Crippen molar-refractivity contribution in [2.75, 3.05) is 11.9 Å². The largest absolute Gasteiger partial charge is 0.466 e. The van der Waals surface area contributed by atoms with Crippen LogP contribution in [0.25, 0.3) is 11.0 Å². The summed E-state index contributed by atoms with van der Waals surface area (Å²) in [7, 11) is 0. The highest BCUT2D eigenvalue weighted by Crippen LogP contribution is 2.40. The molecule has 0 saturated heterocycles. The first-order chi connectivity index (χ1) is 17.5. The van der Waals surface area contributed by atoms with Gasteiger partial charge in [0.05, 0.1) is 29.1 Å². The summed E-state index contributed by atoms with van der Waals surface area (Å²) in [4.78, 5) is 30.0. The Kier molecular flexibility index (Phi) is 7.42. The SMILES string of the molecule is CCOC(=O)C1CCC(c2ccc3nc(NC(=O)c4c(F)cccc4Br)n(C4CCCC4)c3c2)CC1. The van der Waals surface area contributed by atoms with Gasteiger partial charge in [0.2, 0.25) is 5.95 Å². The van der Waals surface area contributed by atoms with Crippen LogP contribution in [-0.4, -0.2) is 28.0 Å². The molecule has 190 valence electrons. The number of hydrogen-bond donors (Lipinski definition) is 1. The first kappa shape index (κ1) is 24.9. The number of amides is 1. The van der Waals surface area contributed by atoms with Crippen LogP contribution in [0.4, 0.5) is 10.3 Å². The molecule has 6 nitrogen and oxygen atoms in total. The monoisotopic (exact) mass is 555 g/mol. The molecule has 0 atom stereocenters. The van der Waals surface area contributed by atoms with Crippen molar-refractivity contribution in [3.8, 4) is 0 Å². The van der Waals surface area contributed by atoms with E-state index in [1.807, 2.05) is 13.0 Å². The minimum absolute atomic E-state index is 0.00605. The Labute approximate surface area is 218 Å². The molecule has 8 heteroatoms. The van der Waals surface area contributed by atoms with Gasteiger partial charge in [0.25, 0.3) is 5.91 Å². The lowest BCUT2D eigenvalue weighted by Gasteiger charge is -2.27. The van der Waals surface area contributed by atoms with E-state index in [9.17, 15) is 14.0 Å². The number of rotatable bonds is 6. The zero-order valence-corrected chi connectivity index (χ0v) is 22.0. The second kappa shape index (κ2) is 10.7. The first-order valence-electron chi connectivity index (χ1n) is 12.9. The van der Waals surface area contributed by atoms with Crippen LogP contribution in [-0.2, 0) is 9.53 Å². The zero-order chi connectivity index (χ0) is 25.2. The summed E-state index contributed by atoms with van der Waals surface area (Å²) < 4.78 is 22.2. The van der Waals surface area contributed by atoms with E-state index in [0.29, 0.717) is 22.9 Å². The highest BCUT2D eigenvalue weighted by molar-refractivity contribution is 9.10. The standard InChI is InChI=1S/C28H31BrFN3O3/c1-2-36-27(35)18-12-10-17(11-13-18)19-14-15-23-24(16-19)33(20-6-3-4-7-20)28(31-23)32-26(34)25-21(29)8-5-9-22(25)30/h5,8-9,14-18,20H,2-4,6-7,10-13H2,1H3,(H,31,32,34). The van der Waals surface area contributed by atoms with Gasteiger partial charge in [0, 0.05) is 10.5 Å². The molecule has 1 amide bonds. The van der Waals surface area contributed by atoms with E-state index in [-0.39, 0.29) is 23.5 Å². The van der Waals surface area contributed by atoms with Crippen molar-refractivity contribution in [1.82, 2.24) is 9.55 Å². The number of anilines is 1. The van der Waals surface area contributed by atoms with Crippen LogP contribution in [0.2, 0.25) is 0 Å². The molecule has 2 aliphatic rings. The molecule has 0 bridgehead atoms. The summed E-state index contributed by atoms with van der Waals surface area (Å²) in [6.07, 6.45) is 7.86. The predicted molar refractivity (Wildman–Crippen MR) is 141 cm³/mol. The van der Waals surface area contributed by atoms with Crippen molar-refractivity contribution in [2.45, 2.75) is 70.3 Å². The van der Waals surface area contributed by atoms with E-state index in [2.05, 4.69) is 37.9 Å². The number of nitrogens with one attached hydrogen (secondary N) is 1. The number of carbonyl (C=O) groups excluding carboxylic acids is 2. The predicted octanol–water partition coefficient (Wildman–Crippen LogP) is 7.14. The second-order valence-corrected chi connectivity index (χ2v) is 10.7. The van der Waals surface area contributed by atoms with E-state index >= 15 is 0 Å². The normalized spacial score (nSPS) is 20.5. The molecule has 0 radical (unpaired) electrons. The van der Waals surface area contributed by atoms with E-state index in [1.54, 1.807) is 12.1 Å². The van der Waals surface area contributed by atoms with E-state index in [4.69, 9.17) is 9.72 Å². The highest BCUT2D eigenvalue weighted by Gasteiger charge is 2.29. The molecule has 2 aromatic carbocycles. The molecule has 5 rings (SSSR count). The summed E-state index contributed by atoms with van der Waals surface area (Å²) in [6.45, 7) is 2.27. The molecule has 2 aliphatic carbocycles. The summed E-state index contributed by atoms with van der Waals surface area (Å²) in [5, 5.41) is 2.90. The third kappa shape index (κ3) is 4.92. The molecule has 1 N–H and O–H groups in total. The number of fused-ring (bicyclic) bond motifs is 1. The topological polar surface area (TPSA) is 73.2 Å². The van der Waals surface area contributed by atoms with Gasteiger partial charge in [-0.2, -0.15) is 0 Å². The Balaban J connectivity index is 1.44. The van der Waals surface area contributed by atoms with Gasteiger partial charge in [0.1, 0.15) is 5.82 Å². The van der Waals surface area contributed by atoms with Gasteiger partial charge in [-0.25, -0.2) is 9.37 Å². The molecule has 3 aromatic rings.